The van der Waals surface area contributed by atoms with Gasteiger partial charge in [0.2, 0.25) is 11.4 Å². The Labute approximate surface area is 400 Å². The van der Waals surface area contributed by atoms with E-state index in [1.165, 1.54) is 53.9 Å². The molecule has 0 unspecified atom stereocenters. The van der Waals surface area contributed by atoms with Crippen molar-refractivity contribution < 1.29 is 8.83 Å². The number of furan rings is 2. The smallest absolute Gasteiger partial charge is 0.227 e. The minimum atomic E-state index is 0.636. The topological polar surface area (TPSA) is 58.5 Å². The van der Waals surface area contributed by atoms with Crippen LogP contribution in [0.15, 0.2) is 240 Å². The molecular formula is C64H38N4O2. The van der Waals surface area contributed by atoms with Crippen LogP contribution in [0.1, 0.15) is 0 Å². The SMILES string of the molecule is c1ccc2c(c1)cc(N(c1ccc3c(ccc4cc(N(c5ccc6c(c5)oc5ncccc56)c5cc6ccccc6c6ccccc56)ccc43)c1)c1ccc3c(c1)oc1ncccc13)c1ccccc12. The molecule has 0 atom stereocenters. The van der Waals surface area contributed by atoms with E-state index in [9.17, 15) is 0 Å². The molecule has 4 aromatic heterocycles. The van der Waals surface area contributed by atoms with E-state index >= 15 is 0 Å². The van der Waals surface area contributed by atoms with Gasteiger partial charge in [-0.1, -0.05) is 121 Å². The average Bonchev–Trinajstić information content (AvgIpc) is 3.99. The predicted molar refractivity (Wildman–Crippen MR) is 291 cm³/mol. The number of anilines is 6. The summed E-state index contributed by atoms with van der Waals surface area (Å²) in [4.78, 5) is 13.8. The fourth-order valence-electron chi connectivity index (χ4n) is 11.1. The summed E-state index contributed by atoms with van der Waals surface area (Å²) < 4.78 is 12.8. The Balaban J connectivity index is 0.912. The molecule has 4 heterocycles. The van der Waals surface area contributed by atoms with Gasteiger partial charge in [0.25, 0.3) is 0 Å². The molecule has 0 saturated carbocycles. The highest BCUT2D eigenvalue weighted by Crippen LogP contribution is 2.47. The number of nitrogens with zero attached hydrogens (tertiary/aromatic N) is 4. The summed E-state index contributed by atoms with van der Waals surface area (Å²) >= 11 is 0. The molecule has 0 aliphatic heterocycles. The van der Waals surface area contributed by atoms with Crippen molar-refractivity contribution in [3.05, 3.63) is 231 Å². The Morgan fingerprint density at radius 3 is 1.06 bits per heavy atom. The van der Waals surface area contributed by atoms with Gasteiger partial charge in [-0.2, -0.15) is 0 Å². The van der Waals surface area contributed by atoms with E-state index in [2.05, 4.69) is 226 Å². The first-order valence-electron chi connectivity index (χ1n) is 23.6. The van der Waals surface area contributed by atoms with Gasteiger partial charge >= 0.3 is 0 Å². The molecule has 0 spiro atoms. The summed E-state index contributed by atoms with van der Waals surface area (Å²) in [6.45, 7) is 0. The molecule has 0 aliphatic carbocycles. The number of rotatable bonds is 6. The Morgan fingerprint density at radius 1 is 0.257 bits per heavy atom. The van der Waals surface area contributed by atoms with Gasteiger partial charge in [-0.15, -0.1) is 0 Å². The highest BCUT2D eigenvalue weighted by Gasteiger charge is 2.22. The van der Waals surface area contributed by atoms with E-state index in [1.807, 2.05) is 12.1 Å². The lowest BCUT2D eigenvalue weighted by atomic mass is 9.97. The van der Waals surface area contributed by atoms with Crippen molar-refractivity contribution in [2.45, 2.75) is 0 Å². The van der Waals surface area contributed by atoms with Gasteiger partial charge in [-0.05, 0) is 139 Å². The maximum absolute atomic E-state index is 6.40. The monoisotopic (exact) mass is 894 g/mol. The number of fused-ring (bicyclic) bond motifs is 15. The lowest BCUT2D eigenvalue weighted by Gasteiger charge is -2.28. The van der Waals surface area contributed by atoms with Gasteiger partial charge in [-0.25, -0.2) is 9.97 Å². The number of hydrogen-bond acceptors (Lipinski definition) is 6. The summed E-state index contributed by atoms with van der Waals surface area (Å²) in [5, 5.41) is 18.3. The van der Waals surface area contributed by atoms with Crippen molar-refractivity contribution in [2.75, 3.05) is 9.80 Å². The van der Waals surface area contributed by atoms with Crippen molar-refractivity contribution in [3.8, 4) is 0 Å². The summed E-state index contributed by atoms with van der Waals surface area (Å²) in [5.74, 6) is 0. The average molecular weight is 895 g/mol. The Morgan fingerprint density at radius 2 is 0.600 bits per heavy atom. The Bertz CT molecular complexity index is 4350. The first kappa shape index (κ1) is 38.6. The third-order valence-electron chi connectivity index (χ3n) is 14.3. The van der Waals surface area contributed by atoms with Crippen LogP contribution in [0.4, 0.5) is 34.1 Å². The lowest BCUT2D eigenvalue weighted by molar-refractivity contribution is 0.653. The first-order chi connectivity index (χ1) is 34.7. The van der Waals surface area contributed by atoms with E-state index in [1.54, 1.807) is 12.4 Å². The molecule has 0 aliphatic rings. The van der Waals surface area contributed by atoms with Crippen LogP contribution in [0.5, 0.6) is 0 Å². The molecule has 6 nitrogen and oxygen atoms in total. The molecule has 11 aromatic carbocycles. The van der Waals surface area contributed by atoms with Gasteiger partial charge in [-0.3, -0.25) is 0 Å². The van der Waals surface area contributed by atoms with Crippen LogP contribution >= 0.6 is 0 Å². The van der Waals surface area contributed by atoms with E-state index in [0.29, 0.717) is 11.4 Å². The Kier molecular flexibility index (Phi) is 8.26. The zero-order chi connectivity index (χ0) is 45.9. The van der Waals surface area contributed by atoms with Gasteiger partial charge in [0.15, 0.2) is 0 Å². The Hall–Kier alpha value is -9.52. The van der Waals surface area contributed by atoms with Crippen LogP contribution in [0.3, 0.4) is 0 Å². The van der Waals surface area contributed by atoms with Crippen LogP contribution in [0.2, 0.25) is 0 Å². The minimum Gasteiger partial charge on any atom is -0.438 e. The molecule has 0 bridgehead atoms. The largest absolute Gasteiger partial charge is 0.438 e. The molecule has 0 N–H and O–H groups in total. The van der Waals surface area contributed by atoms with Gasteiger partial charge in [0.1, 0.15) is 11.2 Å². The zero-order valence-corrected chi connectivity index (χ0v) is 37.5. The van der Waals surface area contributed by atoms with E-state index in [0.717, 1.165) is 77.6 Å². The van der Waals surface area contributed by atoms with Crippen molar-refractivity contribution in [3.63, 3.8) is 0 Å². The van der Waals surface area contributed by atoms with E-state index in [-0.39, 0.29) is 0 Å². The second-order valence-corrected chi connectivity index (χ2v) is 18.1. The van der Waals surface area contributed by atoms with Crippen LogP contribution < -0.4 is 9.80 Å². The molecule has 0 saturated heterocycles. The summed E-state index contributed by atoms with van der Waals surface area (Å²) in [7, 11) is 0. The summed E-state index contributed by atoms with van der Waals surface area (Å²) in [6, 6.07) is 78.7. The van der Waals surface area contributed by atoms with Crippen molar-refractivity contribution in [2.24, 2.45) is 0 Å². The zero-order valence-electron chi connectivity index (χ0n) is 37.5. The van der Waals surface area contributed by atoms with Crippen LogP contribution in [0, 0.1) is 0 Å². The predicted octanol–water partition coefficient (Wildman–Crippen LogP) is 18.1. The summed E-state index contributed by atoms with van der Waals surface area (Å²) in [5.41, 5.74) is 9.12. The van der Waals surface area contributed by atoms with Crippen LogP contribution in [-0.2, 0) is 0 Å². The third kappa shape index (κ3) is 5.87. The highest BCUT2D eigenvalue weighted by atomic mass is 16.3. The van der Waals surface area contributed by atoms with Gasteiger partial charge < -0.3 is 18.6 Å². The molecular weight excluding hydrogens is 857 g/mol. The van der Waals surface area contributed by atoms with Crippen LogP contribution in [-0.4, -0.2) is 9.97 Å². The standard InChI is InChI=1S/C64H38N4O2/c1-3-13-47-39(11-1)35-59(53-17-7-5-15-51(47)53)67(45-25-29-55-57-19-9-31-65-63(57)69-61(55)37-45)43-23-27-49-41(33-43)21-22-42-34-44(24-28-50(42)49)68(46-26-30-56-58-20-10-32-66-64(58)70-62(56)38-46)60-36-40-12-2-4-14-48(40)52-16-6-8-18-54(52)60/h1-38H. The molecule has 0 amide bonds. The molecule has 70 heavy (non-hydrogen) atoms. The lowest BCUT2D eigenvalue weighted by Crippen LogP contribution is -2.11. The van der Waals surface area contributed by atoms with Crippen LogP contribution in [0.25, 0.3) is 109 Å². The number of benzene rings is 11. The number of pyridine rings is 2. The normalized spacial score (nSPS) is 12.0. The molecule has 0 fully saturated rings. The van der Waals surface area contributed by atoms with Gasteiger partial charge in [0, 0.05) is 79.6 Å². The first-order valence-corrected chi connectivity index (χ1v) is 23.6. The maximum atomic E-state index is 6.40. The summed E-state index contributed by atoms with van der Waals surface area (Å²) in [6.07, 6.45) is 3.56. The van der Waals surface area contributed by atoms with Crippen molar-refractivity contribution in [1.82, 2.24) is 9.97 Å². The van der Waals surface area contributed by atoms with Crippen molar-refractivity contribution >= 4 is 143 Å². The fourth-order valence-corrected chi connectivity index (χ4v) is 11.1. The molecule has 15 aromatic rings. The van der Waals surface area contributed by atoms with Crippen molar-refractivity contribution in [1.29, 1.82) is 0 Å². The van der Waals surface area contributed by atoms with E-state index < -0.39 is 0 Å². The second-order valence-electron chi connectivity index (χ2n) is 18.1. The van der Waals surface area contributed by atoms with E-state index in [4.69, 9.17) is 8.83 Å². The number of aromatic nitrogens is 2. The molecule has 6 heteroatoms. The number of hydrogen-bond donors (Lipinski definition) is 0. The molecule has 326 valence electrons. The van der Waals surface area contributed by atoms with Gasteiger partial charge in [0.05, 0.1) is 11.4 Å². The maximum Gasteiger partial charge on any atom is 0.227 e. The fraction of sp³-hybridized carbons (Fsp3) is 0. The molecule has 0 radical (unpaired) electrons. The second kappa shape index (κ2) is 15.0. The minimum absolute atomic E-state index is 0.636. The molecule has 15 rings (SSSR count). The third-order valence-corrected chi connectivity index (χ3v) is 14.3. The quantitative estimate of drug-likeness (QED) is 0.155. The highest BCUT2D eigenvalue weighted by molar-refractivity contribution is 6.18.